The molecule has 0 fully saturated rings. The Kier molecular flexibility index (Phi) is 7.90. The molecule has 1 heterocycles. The Balaban J connectivity index is 1.43. The van der Waals surface area contributed by atoms with Gasteiger partial charge in [-0.1, -0.05) is 56.7 Å². The topological polar surface area (TPSA) is 44.7 Å². The highest BCUT2D eigenvalue weighted by atomic mass is 16.5. The fourth-order valence-electron chi connectivity index (χ4n) is 3.88. The summed E-state index contributed by atoms with van der Waals surface area (Å²) >= 11 is 0. The van der Waals surface area contributed by atoms with Gasteiger partial charge in [0.1, 0.15) is 18.5 Å². The first-order chi connectivity index (χ1) is 13.7. The van der Waals surface area contributed by atoms with Gasteiger partial charge in [-0.2, -0.15) is 0 Å². The Bertz CT molecular complexity index is 709. The van der Waals surface area contributed by atoms with Crippen molar-refractivity contribution in [1.29, 1.82) is 0 Å². The van der Waals surface area contributed by atoms with E-state index in [1.54, 1.807) is 0 Å². The van der Waals surface area contributed by atoms with E-state index in [0.717, 1.165) is 31.8 Å². The highest BCUT2D eigenvalue weighted by Gasteiger charge is 2.20. The summed E-state index contributed by atoms with van der Waals surface area (Å²) in [5.74, 6) is 0.826. The van der Waals surface area contributed by atoms with E-state index in [-0.39, 0.29) is 0 Å². The Morgan fingerprint density at radius 1 is 1.07 bits per heavy atom. The van der Waals surface area contributed by atoms with Crippen LogP contribution in [0, 0.1) is 0 Å². The predicted octanol–water partition coefficient (Wildman–Crippen LogP) is 4.11. The van der Waals surface area contributed by atoms with Crippen LogP contribution in [0.4, 0.5) is 0 Å². The Hall–Kier alpha value is -1.88. The van der Waals surface area contributed by atoms with Crippen molar-refractivity contribution in [2.24, 2.45) is 0 Å². The number of ether oxygens (including phenoxy) is 1. The number of nitrogens with one attached hydrogen (secondary N) is 1. The summed E-state index contributed by atoms with van der Waals surface area (Å²) in [6.45, 7) is 8.07. The molecule has 2 unspecified atom stereocenters. The number of nitrogens with zero attached hydrogens (tertiary/aromatic N) is 1. The smallest absolute Gasteiger partial charge is 0.119 e. The van der Waals surface area contributed by atoms with Crippen LogP contribution in [0.25, 0.3) is 0 Å². The van der Waals surface area contributed by atoms with Crippen molar-refractivity contribution in [3.63, 3.8) is 0 Å². The van der Waals surface area contributed by atoms with Crippen molar-refractivity contribution in [3.8, 4) is 5.75 Å². The van der Waals surface area contributed by atoms with Gasteiger partial charge < -0.3 is 15.2 Å². The molecular weight excluding hydrogens is 348 g/mol. The average Bonchev–Trinajstić information content (AvgIpc) is 3.12. The lowest BCUT2D eigenvalue weighted by atomic mass is 10.1. The van der Waals surface area contributed by atoms with Crippen molar-refractivity contribution in [2.75, 3.05) is 13.2 Å². The summed E-state index contributed by atoms with van der Waals surface area (Å²) in [5.41, 5.74) is 3.95. The highest BCUT2D eigenvalue weighted by Crippen LogP contribution is 2.22. The Morgan fingerprint density at radius 2 is 1.82 bits per heavy atom. The molecule has 0 bridgehead atoms. The van der Waals surface area contributed by atoms with Crippen molar-refractivity contribution < 1.29 is 9.84 Å². The number of aliphatic hydroxyl groups is 1. The monoisotopic (exact) mass is 382 g/mol. The zero-order valence-electron chi connectivity index (χ0n) is 17.2. The number of β-amino-alcohol motifs (C(OH)–C–C–N with tert-alkyl or cyclic N) is 1. The van der Waals surface area contributed by atoms with Gasteiger partial charge in [-0.3, -0.25) is 4.90 Å². The fourth-order valence-corrected chi connectivity index (χ4v) is 3.88. The van der Waals surface area contributed by atoms with Crippen LogP contribution >= 0.6 is 0 Å². The molecule has 2 aromatic rings. The van der Waals surface area contributed by atoms with Gasteiger partial charge in [0.25, 0.3) is 0 Å². The van der Waals surface area contributed by atoms with Crippen LogP contribution in [0.3, 0.4) is 0 Å². The average molecular weight is 383 g/mol. The molecule has 0 aliphatic carbocycles. The van der Waals surface area contributed by atoms with Gasteiger partial charge in [0.2, 0.25) is 0 Å². The predicted molar refractivity (Wildman–Crippen MR) is 114 cm³/mol. The van der Waals surface area contributed by atoms with Crippen LogP contribution in [-0.2, 0) is 19.6 Å². The summed E-state index contributed by atoms with van der Waals surface area (Å²) in [4.78, 5) is 2.28. The molecule has 2 atom stereocenters. The van der Waals surface area contributed by atoms with Gasteiger partial charge in [0.05, 0.1) is 0 Å². The van der Waals surface area contributed by atoms with Crippen LogP contribution in [0.5, 0.6) is 5.75 Å². The van der Waals surface area contributed by atoms with Gasteiger partial charge >= 0.3 is 0 Å². The summed E-state index contributed by atoms with van der Waals surface area (Å²) in [6.07, 6.45) is 3.06. The lowest BCUT2D eigenvalue weighted by Crippen LogP contribution is -2.32. The van der Waals surface area contributed by atoms with E-state index in [1.165, 1.54) is 29.5 Å². The zero-order valence-corrected chi connectivity index (χ0v) is 17.2. The van der Waals surface area contributed by atoms with E-state index in [9.17, 15) is 5.11 Å². The third-order valence-electron chi connectivity index (χ3n) is 5.44. The molecule has 0 radical (unpaired) electrons. The van der Waals surface area contributed by atoms with Crippen LogP contribution in [0.2, 0.25) is 0 Å². The van der Waals surface area contributed by atoms with Gasteiger partial charge in [0.15, 0.2) is 0 Å². The Labute approximate surface area is 169 Å². The molecule has 0 saturated heterocycles. The largest absolute Gasteiger partial charge is 0.491 e. The van der Waals surface area contributed by atoms with Crippen LogP contribution in [0.1, 0.15) is 49.8 Å². The first-order valence-electron chi connectivity index (χ1n) is 10.6. The molecule has 0 spiro atoms. The number of rotatable bonds is 11. The lowest BCUT2D eigenvalue weighted by Gasteiger charge is -2.20. The van der Waals surface area contributed by atoms with E-state index >= 15 is 0 Å². The molecule has 152 valence electrons. The minimum absolute atomic E-state index is 0.317. The van der Waals surface area contributed by atoms with Crippen molar-refractivity contribution in [1.82, 2.24) is 10.2 Å². The molecule has 0 saturated carbocycles. The normalized spacial score (nSPS) is 16.0. The number of fused-ring (bicyclic) bond motifs is 1. The molecule has 3 rings (SSSR count). The van der Waals surface area contributed by atoms with Crippen LogP contribution in [0.15, 0.2) is 48.5 Å². The van der Waals surface area contributed by atoms with E-state index in [1.807, 2.05) is 12.1 Å². The molecule has 2 aromatic carbocycles. The minimum atomic E-state index is -0.495. The maximum atomic E-state index is 10.4. The number of benzene rings is 2. The van der Waals surface area contributed by atoms with Crippen molar-refractivity contribution in [2.45, 2.75) is 64.9 Å². The highest BCUT2D eigenvalue weighted by molar-refractivity contribution is 5.30. The van der Waals surface area contributed by atoms with Gasteiger partial charge in [-0.15, -0.1) is 0 Å². The lowest BCUT2D eigenvalue weighted by molar-refractivity contribution is 0.0672. The van der Waals surface area contributed by atoms with Crippen LogP contribution < -0.4 is 10.1 Å². The quantitative estimate of drug-likeness (QED) is 0.614. The molecule has 4 heteroatoms. The zero-order chi connectivity index (χ0) is 19.8. The fraction of sp³-hybridized carbons (Fsp3) is 0.500. The van der Waals surface area contributed by atoms with E-state index < -0.39 is 6.10 Å². The van der Waals surface area contributed by atoms with Crippen molar-refractivity contribution >= 4 is 0 Å². The summed E-state index contributed by atoms with van der Waals surface area (Å²) in [5, 5.41) is 14.0. The molecule has 0 amide bonds. The maximum absolute atomic E-state index is 10.4. The number of hydrogen-bond donors (Lipinski definition) is 2. The molecular formula is C24H34N2O2. The molecule has 1 aliphatic heterocycles. The molecule has 28 heavy (non-hydrogen) atoms. The summed E-state index contributed by atoms with van der Waals surface area (Å²) in [6, 6.07) is 17.2. The summed E-state index contributed by atoms with van der Waals surface area (Å²) < 4.78 is 5.87. The second-order valence-corrected chi connectivity index (χ2v) is 7.83. The molecule has 0 aromatic heterocycles. The maximum Gasteiger partial charge on any atom is 0.119 e. The number of hydrogen-bond acceptors (Lipinski definition) is 4. The van der Waals surface area contributed by atoms with Gasteiger partial charge in [0, 0.05) is 32.2 Å². The number of aliphatic hydroxyl groups excluding tert-OH is 1. The molecule has 4 nitrogen and oxygen atoms in total. The molecule has 2 N–H and O–H groups in total. The standard InChI is InChI=1S/C24H34N2O2/c1-3-8-22(4-2)25-14-19-9-7-12-24(13-19)28-18-23(27)17-26-15-20-10-5-6-11-21(20)16-26/h5-7,9-13,22-23,25,27H,3-4,8,14-18H2,1-2H3. The van der Waals surface area contributed by atoms with E-state index in [0.29, 0.717) is 19.2 Å². The third kappa shape index (κ3) is 6.06. The van der Waals surface area contributed by atoms with Gasteiger partial charge in [-0.05, 0) is 41.7 Å². The van der Waals surface area contributed by atoms with E-state index in [4.69, 9.17) is 4.74 Å². The van der Waals surface area contributed by atoms with E-state index in [2.05, 4.69) is 60.5 Å². The molecule has 1 aliphatic rings. The van der Waals surface area contributed by atoms with Crippen LogP contribution in [-0.4, -0.2) is 35.3 Å². The minimum Gasteiger partial charge on any atom is -0.491 e. The Morgan fingerprint density at radius 3 is 2.50 bits per heavy atom. The first kappa shape index (κ1) is 20.8. The SMILES string of the molecule is CCCC(CC)NCc1cccc(OCC(O)CN2Cc3ccccc3C2)c1. The van der Waals surface area contributed by atoms with Crippen molar-refractivity contribution in [3.05, 3.63) is 65.2 Å². The first-order valence-corrected chi connectivity index (χ1v) is 10.6. The van der Waals surface area contributed by atoms with Gasteiger partial charge in [-0.25, -0.2) is 0 Å². The third-order valence-corrected chi connectivity index (χ3v) is 5.44. The second kappa shape index (κ2) is 10.6. The summed E-state index contributed by atoms with van der Waals surface area (Å²) in [7, 11) is 0. The second-order valence-electron chi connectivity index (χ2n) is 7.83.